The maximum Gasteiger partial charge on any atom is 0.239 e. The van der Waals surface area contributed by atoms with E-state index in [2.05, 4.69) is 48.8 Å². The monoisotopic (exact) mass is 325 g/mol. The molecule has 5 nitrogen and oxygen atoms in total. The number of hydrogen-bond donors (Lipinski definition) is 3. The van der Waals surface area contributed by atoms with Gasteiger partial charge < -0.3 is 5.32 Å². The highest BCUT2D eigenvalue weighted by Crippen LogP contribution is 2.26. The van der Waals surface area contributed by atoms with Crippen LogP contribution < -0.4 is 16.6 Å². The molecule has 1 aromatic heterocycles. The van der Waals surface area contributed by atoms with Crippen LogP contribution in [0.1, 0.15) is 0 Å². The summed E-state index contributed by atoms with van der Waals surface area (Å²) in [5.74, 6) is 6.31. The molecule has 0 aliphatic carbocycles. The van der Waals surface area contributed by atoms with Gasteiger partial charge in [-0.05, 0) is 40.4 Å². The Kier molecular flexibility index (Phi) is 4.40. The van der Waals surface area contributed by atoms with Gasteiger partial charge in [0, 0.05) is 16.8 Å². The summed E-state index contributed by atoms with van der Waals surface area (Å²) in [6, 6.07) is 8.07. The maximum absolute atomic E-state index is 5.29. The molecule has 0 aliphatic heterocycles. The van der Waals surface area contributed by atoms with Crippen molar-refractivity contribution in [3.63, 3.8) is 0 Å². The van der Waals surface area contributed by atoms with Crippen molar-refractivity contribution in [1.82, 2.24) is 9.97 Å². The molecule has 18 heavy (non-hydrogen) atoms. The van der Waals surface area contributed by atoms with Gasteiger partial charge in [-0.1, -0.05) is 6.07 Å². The molecule has 0 atom stereocenters. The third-order valence-corrected chi connectivity index (χ3v) is 3.51. The molecule has 4 N–H and O–H groups in total. The van der Waals surface area contributed by atoms with E-state index < -0.39 is 0 Å². The van der Waals surface area contributed by atoms with Crippen LogP contribution in [-0.2, 0) is 0 Å². The minimum Gasteiger partial charge on any atom is -0.339 e. The van der Waals surface area contributed by atoms with Gasteiger partial charge in [-0.2, -0.15) is 4.98 Å². The molecule has 0 bridgehead atoms. The highest BCUT2D eigenvalue weighted by Gasteiger charge is 2.05. The summed E-state index contributed by atoms with van der Waals surface area (Å²) in [6.45, 7) is 0. The van der Waals surface area contributed by atoms with Crippen molar-refractivity contribution in [2.45, 2.75) is 4.90 Å². The van der Waals surface area contributed by atoms with E-state index in [1.54, 1.807) is 18.0 Å². The fraction of sp³-hybridized carbons (Fsp3) is 0.0909. The van der Waals surface area contributed by atoms with Crippen LogP contribution in [0.15, 0.2) is 39.8 Å². The van der Waals surface area contributed by atoms with Gasteiger partial charge in [0.2, 0.25) is 5.95 Å². The molecule has 1 heterocycles. The van der Waals surface area contributed by atoms with E-state index in [1.165, 1.54) is 4.90 Å². The summed E-state index contributed by atoms with van der Waals surface area (Å²) in [7, 11) is 0. The number of anilines is 3. The van der Waals surface area contributed by atoms with Crippen molar-refractivity contribution >= 4 is 45.1 Å². The molecule has 0 saturated carbocycles. The van der Waals surface area contributed by atoms with E-state index >= 15 is 0 Å². The Morgan fingerprint density at radius 3 is 2.94 bits per heavy atom. The van der Waals surface area contributed by atoms with Crippen LogP contribution in [0.2, 0.25) is 0 Å². The molecule has 0 saturated heterocycles. The van der Waals surface area contributed by atoms with E-state index in [-0.39, 0.29) is 0 Å². The smallest absolute Gasteiger partial charge is 0.239 e. The van der Waals surface area contributed by atoms with Gasteiger partial charge in [0.25, 0.3) is 0 Å². The minimum absolute atomic E-state index is 0.363. The average Bonchev–Trinajstić information content (AvgIpc) is 2.41. The van der Waals surface area contributed by atoms with Crippen LogP contribution >= 0.6 is 27.7 Å². The lowest BCUT2D eigenvalue weighted by Crippen LogP contribution is -2.11. The van der Waals surface area contributed by atoms with Gasteiger partial charge >= 0.3 is 0 Å². The van der Waals surface area contributed by atoms with Crippen molar-refractivity contribution in [3.8, 4) is 0 Å². The van der Waals surface area contributed by atoms with Crippen LogP contribution in [0, 0.1) is 0 Å². The van der Waals surface area contributed by atoms with E-state index in [0.717, 1.165) is 10.2 Å². The summed E-state index contributed by atoms with van der Waals surface area (Å²) in [6.07, 6.45) is 3.68. The molecule has 0 radical (unpaired) electrons. The normalized spacial score (nSPS) is 10.2. The summed E-state index contributed by atoms with van der Waals surface area (Å²) in [5, 5.41) is 3.21. The lowest BCUT2D eigenvalue weighted by molar-refractivity contribution is 1.11. The second kappa shape index (κ2) is 6.03. The van der Waals surface area contributed by atoms with E-state index in [0.29, 0.717) is 11.8 Å². The van der Waals surface area contributed by atoms with Crippen molar-refractivity contribution < 1.29 is 0 Å². The summed E-state index contributed by atoms with van der Waals surface area (Å²) < 4.78 is 0.774. The van der Waals surface area contributed by atoms with Crippen LogP contribution in [0.3, 0.4) is 0 Å². The molecule has 2 rings (SSSR count). The quantitative estimate of drug-likeness (QED) is 0.456. The number of nitrogens with two attached hydrogens (primary N) is 1. The van der Waals surface area contributed by atoms with Gasteiger partial charge in [-0.25, -0.2) is 10.8 Å². The number of thioether (sulfide) groups is 1. The highest BCUT2D eigenvalue weighted by atomic mass is 79.9. The van der Waals surface area contributed by atoms with Crippen LogP contribution in [-0.4, -0.2) is 16.2 Å². The van der Waals surface area contributed by atoms with Crippen molar-refractivity contribution in [3.05, 3.63) is 34.9 Å². The second-order valence-electron chi connectivity index (χ2n) is 3.39. The Bertz CT molecular complexity index is 549. The molecule has 2 aromatic rings. The first-order chi connectivity index (χ1) is 8.72. The number of nitrogens with one attached hydrogen (secondary N) is 2. The number of nitrogen functional groups attached to an aromatic ring is 1. The van der Waals surface area contributed by atoms with Crippen molar-refractivity contribution in [2.24, 2.45) is 5.84 Å². The Hall–Kier alpha value is -1.31. The molecule has 0 spiro atoms. The molecule has 94 valence electrons. The van der Waals surface area contributed by atoms with Crippen LogP contribution in [0.5, 0.6) is 0 Å². The minimum atomic E-state index is 0.363. The number of hydrazine groups is 1. The highest BCUT2D eigenvalue weighted by molar-refractivity contribution is 9.10. The van der Waals surface area contributed by atoms with Gasteiger partial charge in [0.15, 0.2) is 0 Å². The molecule has 7 heteroatoms. The zero-order chi connectivity index (χ0) is 13.0. The SMILES string of the molecule is CSc1cccc(Nc2nc(NN)ncc2Br)c1. The van der Waals surface area contributed by atoms with Gasteiger partial charge in [0.1, 0.15) is 5.82 Å². The van der Waals surface area contributed by atoms with E-state index in [1.807, 2.05) is 18.4 Å². The maximum atomic E-state index is 5.29. The number of rotatable bonds is 4. The molecule has 0 fully saturated rings. The van der Waals surface area contributed by atoms with Gasteiger partial charge in [-0.3, -0.25) is 5.43 Å². The number of halogens is 1. The largest absolute Gasteiger partial charge is 0.339 e. The van der Waals surface area contributed by atoms with E-state index in [4.69, 9.17) is 5.84 Å². The third-order valence-electron chi connectivity index (χ3n) is 2.21. The van der Waals surface area contributed by atoms with Crippen LogP contribution in [0.4, 0.5) is 17.5 Å². The number of hydrogen-bond acceptors (Lipinski definition) is 6. The summed E-state index contributed by atoms with van der Waals surface area (Å²) in [5.41, 5.74) is 3.38. The van der Waals surface area contributed by atoms with Crippen molar-refractivity contribution in [2.75, 3.05) is 17.0 Å². The van der Waals surface area contributed by atoms with Crippen LogP contribution in [0.25, 0.3) is 0 Å². The molecule has 1 aromatic carbocycles. The number of benzene rings is 1. The lowest BCUT2D eigenvalue weighted by Gasteiger charge is -2.09. The van der Waals surface area contributed by atoms with E-state index in [9.17, 15) is 0 Å². The first-order valence-corrected chi connectivity index (χ1v) is 7.15. The zero-order valence-corrected chi connectivity index (χ0v) is 12.0. The first-order valence-electron chi connectivity index (χ1n) is 5.13. The second-order valence-corrected chi connectivity index (χ2v) is 5.13. The summed E-state index contributed by atoms with van der Waals surface area (Å²) in [4.78, 5) is 9.41. The Morgan fingerprint density at radius 1 is 1.39 bits per heavy atom. The number of aromatic nitrogens is 2. The number of nitrogens with zero attached hydrogens (tertiary/aromatic N) is 2. The van der Waals surface area contributed by atoms with Gasteiger partial charge in [0.05, 0.1) is 4.47 Å². The molecule has 0 unspecified atom stereocenters. The molecule has 0 aliphatic rings. The Morgan fingerprint density at radius 2 is 2.22 bits per heavy atom. The Labute approximate surface area is 118 Å². The molecular weight excluding hydrogens is 314 g/mol. The Balaban J connectivity index is 2.27. The first kappa shape index (κ1) is 13.1. The summed E-state index contributed by atoms with van der Waals surface area (Å²) >= 11 is 5.08. The fourth-order valence-electron chi connectivity index (χ4n) is 1.36. The topological polar surface area (TPSA) is 75.9 Å². The predicted octanol–water partition coefficient (Wildman–Crippen LogP) is 2.99. The molecular formula is C11H12BrN5S. The average molecular weight is 326 g/mol. The van der Waals surface area contributed by atoms with Gasteiger partial charge in [-0.15, -0.1) is 11.8 Å². The predicted molar refractivity (Wildman–Crippen MR) is 79.0 cm³/mol. The third kappa shape index (κ3) is 3.12. The lowest BCUT2D eigenvalue weighted by atomic mass is 10.3. The fourth-order valence-corrected chi connectivity index (χ4v) is 2.11. The zero-order valence-electron chi connectivity index (χ0n) is 9.64. The standard InChI is InChI=1S/C11H12BrN5S/c1-18-8-4-2-3-7(5-8)15-10-9(12)6-14-11(16-10)17-13/h2-6H,13H2,1H3,(H2,14,15,16,17). The molecule has 0 amide bonds. The van der Waals surface area contributed by atoms with Crippen molar-refractivity contribution in [1.29, 1.82) is 0 Å².